The van der Waals surface area contributed by atoms with Crippen LogP contribution in [0.2, 0.25) is 0 Å². The molecule has 2 heterocycles. The molecule has 134 valence electrons. The minimum absolute atomic E-state index is 0.261. The molecule has 7 heteroatoms. The lowest BCUT2D eigenvalue weighted by molar-refractivity contribution is 0.172. The predicted molar refractivity (Wildman–Crippen MR) is 91.5 cm³/mol. The van der Waals surface area contributed by atoms with E-state index in [0.29, 0.717) is 25.2 Å². The van der Waals surface area contributed by atoms with Crippen molar-refractivity contribution in [2.45, 2.75) is 25.1 Å². The molecular weight excluding hydrogens is 338 g/mol. The predicted octanol–water partition coefficient (Wildman–Crippen LogP) is 2.85. The largest absolute Gasteiger partial charge is 0.392 e. The smallest absolute Gasteiger partial charge is 0.128 e. The third kappa shape index (κ3) is 3.36. The highest BCUT2D eigenvalue weighted by atomic mass is 19.1. The average Bonchev–Trinajstić information content (AvgIpc) is 3.25. The molecule has 3 aromatic rings. The van der Waals surface area contributed by atoms with Crippen molar-refractivity contribution in [3.8, 4) is 5.69 Å². The van der Waals surface area contributed by atoms with Gasteiger partial charge in [-0.2, -0.15) is 0 Å². The number of aromatic nitrogens is 3. The fraction of sp³-hybridized carbons (Fsp3) is 0.263. The van der Waals surface area contributed by atoms with Crippen LogP contribution in [-0.4, -0.2) is 37.6 Å². The summed E-state index contributed by atoms with van der Waals surface area (Å²) in [5, 5.41) is 18.3. The normalized spacial score (nSPS) is 20.6. The summed E-state index contributed by atoms with van der Waals surface area (Å²) in [6.07, 6.45) is 1.57. The minimum atomic E-state index is -0.591. The summed E-state index contributed by atoms with van der Waals surface area (Å²) in [4.78, 5) is 1.90. The molecule has 0 saturated carbocycles. The summed E-state index contributed by atoms with van der Waals surface area (Å²) in [6.45, 7) is 0.767. The Labute approximate surface area is 149 Å². The van der Waals surface area contributed by atoms with Gasteiger partial charge in [0, 0.05) is 24.7 Å². The molecule has 5 nitrogen and oxygen atoms in total. The molecule has 1 aromatic heterocycles. The zero-order valence-corrected chi connectivity index (χ0v) is 14.0. The molecule has 0 aliphatic carbocycles. The molecule has 1 N–H and O–H groups in total. The van der Waals surface area contributed by atoms with E-state index in [1.54, 1.807) is 10.9 Å². The van der Waals surface area contributed by atoms with Gasteiger partial charge in [-0.05, 0) is 36.8 Å². The van der Waals surface area contributed by atoms with Crippen molar-refractivity contribution in [3.63, 3.8) is 0 Å². The van der Waals surface area contributed by atoms with E-state index in [-0.39, 0.29) is 5.56 Å². The monoisotopic (exact) mass is 356 g/mol. The summed E-state index contributed by atoms with van der Waals surface area (Å²) in [5.41, 5.74) is 1.85. The molecule has 2 aromatic carbocycles. The van der Waals surface area contributed by atoms with Crippen molar-refractivity contribution in [1.82, 2.24) is 19.9 Å². The first-order valence-electron chi connectivity index (χ1n) is 8.44. The topological polar surface area (TPSA) is 54.2 Å². The third-order valence-corrected chi connectivity index (χ3v) is 4.63. The molecule has 0 unspecified atom stereocenters. The number of halogens is 2. The maximum absolute atomic E-state index is 14.2. The Morgan fingerprint density at radius 1 is 1.12 bits per heavy atom. The standard InChI is InChI=1S/C19H18F2N4O/c20-13-6-7-18(21)17(8-13)19-9-16(26)12-24(19)10-14-11-25(23-22-14)15-4-2-1-3-5-15/h1-8,11,16,19,26H,9-10,12H2/t16-,19+/m0/s1. The fourth-order valence-corrected chi connectivity index (χ4v) is 3.43. The lowest BCUT2D eigenvalue weighted by Gasteiger charge is -2.23. The van der Waals surface area contributed by atoms with Gasteiger partial charge in [-0.1, -0.05) is 23.4 Å². The van der Waals surface area contributed by atoms with E-state index in [9.17, 15) is 13.9 Å². The lowest BCUT2D eigenvalue weighted by atomic mass is 10.0. The van der Waals surface area contributed by atoms with Crippen LogP contribution in [0.1, 0.15) is 23.7 Å². The Balaban J connectivity index is 1.57. The number of aliphatic hydroxyl groups excluding tert-OH is 1. The molecular formula is C19H18F2N4O. The lowest BCUT2D eigenvalue weighted by Crippen LogP contribution is -2.25. The molecule has 0 amide bonds. The van der Waals surface area contributed by atoms with Gasteiger partial charge in [0.1, 0.15) is 11.6 Å². The van der Waals surface area contributed by atoms with Crippen LogP contribution in [0.5, 0.6) is 0 Å². The van der Waals surface area contributed by atoms with Gasteiger partial charge in [-0.25, -0.2) is 13.5 Å². The SMILES string of the molecule is O[C@H]1C[C@H](c2cc(F)ccc2F)N(Cc2cn(-c3ccccc3)nn2)C1. The van der Waals surface area contributed by atoms with Gasteiger partial charge in [-0.3, -0.25) is 4.90 Å². The molecule has 26 heavy (non-hydrogen) atoms. The van der Waals surface area contributed by atoms with Crippen LogP contribution in [0.3, 0.4) is 0 Å². The number of para-hydroxylation sites is 1. The van der Waals surface area contributed by atoms with E-state index in [1.165, 1.54) is 6.07 Å². The number of aliphatic hydroxyl groups is 1. The summed E-state index contributed by atoms with van der Waals surface area (Å²) < 4.78 is 29.4. The Kier molecular flexibility index (Phi) is 4.48. The Hall–Kier alpha value is -2.64. The zero-order chi connectivity index (χ0) is 18.1. The van der Waals surface area contributed by atoms with Crippen molar-refractivity contribution < 1.29 is 13.9 Å². The number of β-amino-alcohol motifs (C(OH)–C–C–N with tert-alkyl or cyclic N) is 1. The first-order chi connectivity index (χ1) is 12.6. The van der Waals surface area contributed by atoms with Crippen molar-refractivity contribution in [3.05, 3.63) is 77.6 Å². The highest BCUT2D eigenvalue weighted by Crippen LogP contribution is 2.34. The second-order valence-corrected chi connectivity index (χ2v) is 6.49. The summed E-state index contributed by atoms with van der Waals surface area (Å²) in [7, 11) is 0. The Morgan fingerprint density at radius 2 is 1.92 bits per heavy atom. The number of nitrogens with zero attached hydrogens (tertiary/aromatic N) is 4. The molecule has 1 aliphatic rings. The minimum Gasteiger partial charge on any atom is -0.392 e. The van der Waals surface area contributed by atoms with Crippen molar-refractivity contribution in [1.29, 1.82) is 0 Å². The quantitative estimate of drug-likeness (QED) is 0.781. The highest BCUT2D eigenvalue weighted by Gasteiger charge is 2.34. The summed E-state index contributed by atoms with van der Waals surface area (Å²) in [5.74, 6) is -0.957. The zero-order valence-electron chi connectivity index (χ0n) is 14.0. The molecule has 1 fully saturated rings. The van der Waals surface area contributed by atoms with Crippen LogP contribution >= 0.6 is 0 Å². The van der Waals surface area contributed by atoms with Crippen LogP contribution in [0, 0.1) is 11.6 Å². The van der Waals surface area contributed by atoms with E-state index >= 15 is 0 Å². The van der Waals surface area contributed by atoms with Gasteiger partial charge in [0.2, 0.25) is 0 Å². The number of hydrogen-bond acceptors (Lipinski definition) is 4. The van der Waals surface area contributed by atoms with Gasteiger partial charge in [0.25, 0.3) is 0 Å². The van der Waals surface area contributed by atoms with Gasteiger partial charge in [0.15, 0.2) is 0 Å². The fourth-order valence-electron chi connectivity index (χ4n) is 3.43. The van der Waals surface area contributed by atoms with Crippen LogP contribution in [0.4, 0.5) is 8.78 Å². The second kappa shape index (κ2) is 6.93. The summed E-state index contributed by atoms with van der Waals surface area (Å²) in [6, 6.07) is 12.6. The van der Waals surface area contributed by atoms with E-state index in [2.05, 4.69) is 10.3 Å². The van der Waals surface area contributed by atoms with Crippen molar-refractivity contribution in [2.75, 3.05) is 6.54 Å². The average molecular weight is 356 g/mol. The molecule has 1 saturated heterocycles. The second-order valence-electron chi connectivity index (χ2n) is 6.49. The molecule has 2 atom stereocenters. The summed E-state index contributed by atoms with van der Waals surface area (Å²) >= 11 is 0. The van der Waals surface area contributed by atoms with Crippen LogP contribution in [0.15, 0.2) is 54.7 Å². The van der Waals surface area contributed by atoms with Crippen LogP contribution in [0.25, 0.3) is 5.69 Å². The van der Waals surface area contributed by atoms with Crippen LogP contribution in [-0.2, 0) is 6.54 Å². The number of benzene rings is 2. The van der Waals surface area contributed by atoms with E-state index in [4.69, 9.17) is 0 Å². The number of likely N-dealkylation sites (tertiary alicyclic amines) is 1. The molecule has 0 spiro atoms. The van der Waals surface area contributed by atoms with Gasteiger partial charge < -0.3 is 5.11 Å². The first kappa shape index (κ1) is 16.8. The Bertz CT molecular complexity index is 900. The molecule has 4 rings (SSSR count). The van der Waals surface area contributed by atoms with Crippen molar-refractivity contribution in [2.24, 2.45) is 0 Å². The van der Waals surface area contributed by atoms with E-state index in [1.807, 2.05) is 35.2 Å². The van der Waals surface area contributed by atoms with Crippen LogP contribution < -0.4 is 0 Å². The van der Waals surface area contributed by atoms with Gasteiger partial charge in [-0.15, -0.1) is 5.10 Å². The van der Waals surface area contributed by atoms with Gasteiger partial charge >= 0.3 is 0 Å². The van der Waals surface area contributed by atoms with Crippen molar-refractivity contribution >= 4 is 0 Å². The van der Waals surface area contributed by atoms with E-state index in [0.717, 1.165) is 17.8 Å². The highest BCUT2D eigenvalue weighted by molar-refractivity contribution is 5.30. The molecule has 0 bridgehead atoms. The Morgan fingerprint density at radius 3 is 2.73 bits per heavy atom. The van der Waals surface area contributed by atoms with E-state index < -0.39 is 23.8 Å². The first-order valence-corrected chi connectivity index (χ1v) is 8.44. The number of hydrogen-bond donors (Lipinski definition) is 1. The molecule has 0 radical (unpaired) electrons. The third-order valence-electron chi connectivity index (χ3n) is 4.63. The molecule has 1 aliphatic heterocycles. The number of rotatable bonds is 4. The maximum Gasteiger partial charge on any atom is 0.128 e. The van der Waals surface area contributed by atoms with Gasteiger partial charge in [0.05, 0.1) is 23.7 Å². The maximum atomic E-state index is 14.2.